The third-order valence-electron chi connectivity index (χ3n) is 5.89. The Morgan fingerprint density at radius 3 is 1.43 bits per heavy atom. The molecule has 162 valence electrons. The predicted octanol–water partition coefficient (Wildman–Crippen LogP) is 9.85. The fourth-order valence-electron chi connectivity index (χ4n) is 4.00. The normalized spacial score (nSPS) is 11.6. The zero-order valence-corrected chi connectivity index (χ0v) is 19.0. The molecule has 0 unspecified atom stereocenters. The van der Waals surface area contributed by atoms with Gasteiger partial charge in [-0.2, -0.15) is 0 Å². The minimum Gasteiger partial charge on any atom is -0.362 e. The lowest BCUT2D eigenvalue weighted by Crippen LogP contribution is -1.84. The second-order valence-corrected chi connectivity index (χ2v) is 8.68. The summed E-state index contributed by atoms with van der Waals surface area (Å²) in [6.07, 6.45) is 35.3. The lowest BCUT2D eigenvalue weighted by Gasteiger charge is -2.03. The molecule has 0 saturated heterocycles. The van der Waals surface area contributed by atoms with E-state index in [-0.39, 0.29) is 0 Å². The molecule has 0 amide bonds. The summed E-state index contributed by atoms with van der Waals surface area (Å²) >= 11 is 0. The largest absolute Gasteiger partial charge is 0.362 e. The molecule has 0 saturated carbocycles. The number of allylic oxidation sites excluding steroid dienone is 1. The lowest BCUT2D eigenvalue weighted by atomic mass is 10.0. The summed E-state index contributed by atoms with van der Waals surface area (Å²) in [5.41, 5.74) is 1.22. The van der Waals surface area contributed by atoms with Crippen molar-refractivity contribution < 1.29 is 0 Å². The molecule has 0 aliphatic rings. The molecule has 1 aromatic rings. The van der Waals surface area contributed by atoms with Gasteiger partial charge in [-0.15, -0.1) is 0 Å². The van der Waals surface area contributed by atoms with Gasteiger partial charge in [0.1, 0.15) is 0 Å². The molecular weight excluding hydrogens is 338 g/mol. The summed E-state index contributed by atoms with van der Waals surface area (Å²) in [6, 6.07) is 4.17. The van der Waals surface area contributed by atoms with E-state index in [4.69, 9.17) is 0 Å². The van der Waals surface area contributed by atoms with E-state index >= 15 is 0 Å². The van der Waals surface area contributed by atoms with Crippen molar-refractivity contribution in [2.75, 3.05) is 0 Å². The zero-order valence-electron chi connectivity index (χ0n) is 19.0. The highest BCUT2D eigenvalue weighted by molar-refractivity contribution is 5.43. The number of hydrogen-bond acceptors (Lipinski definition) is 0. The van der Waals surface area contributed by atoms with Crippen molar-refractivity contribution in [2.24, 2.45) is 0 Å². The van der Waals surface area contributed by atoms with Gasteiger partial charge in [-0.05, 0) is 31.1 Å². The van der Waals surface area contributed by atoms with Crippen molar-refractivity contribution >= 4 is 6.08 Å². The summed E-state index contributed by atoms with van der Waals surface area (Å²) in [7, 11) is 0. The van der Waals surface area contributed by atoms with Crippen LogP contribution in [0.4, 0.5) is 0 Å². The maximum Gasteiger partial charge on any atom is 0.0377 e. The fourth-order valence-corrected chi connectivity index (χ4v) is 4.00. The Morgan fingerprint density at radius 2 is 1.04 bits per heavy atom. The predicted molar refractivity (Wildman–Crippen MR) is 128 cm³/mol. The number of aromatic amines is 1. The van der Waals surface area contributed by atoms with Crippen LogP contribution in [0, 0.1) is 0 Å². The van der Waals surface area contributed by atoms with Crippen molar-refractivity contribution in [2.45, 2.75) is 135 Å². The van der Waals surface area contributed by atoms with E-state index < -0.39 is 0 Å². The van der Waals surface area contributed by atoms with E-state index in [1.165, 1.54) is 134 Å². The first-order chi connectivity index (χ1) is 13.9. The third-order valence-corrected chi connectivity index (χ3v) is 5.89. The zero-order chi connectivity index (χ0) is 20.0. The average molecular weight is 388 g/mol. The van der Waals surface area contributed by atoms with E-state index in [9.17, 15) is 0 Å². The van der Waals surface area contributed by atoms with Crippen LogP contribution in [0.2, 0.25) is 0 Å². The van der Waals surface area contributed by atoms with E-state index in [1.54, 1.807) is 0 Å². The van der Waals surface area contributed by atoms with Crippen molar-refractivity contribution in [1.29, 1.82) is 0 Å². The Labute approximate surface area is 176 Å². The Morgan fingerprint density at radius 1 is 0.607 bits per heavy atom. The molecule has 0 fully saturated rings. The number of rotatable bonds is 21. The van der Waals surface area contributed by atoms with Gasteiger partial charge < -0.3 is 4.98 Å². The molecule has 28 heavy (non-hydrogen) atoms. The summed E-state index contributed by atoms with van der Waals surface area (Å²) < 4.78 is 0. The summed E-state index contributed by atoms with van der Waals surface area (Å²) in [6.45, 7) is 2.30. The molecular formula is C27H49N. The monoisotopic (exact) mass is 387 g/mol. The van der Waals surface area contributed by atoms with Crippen LogP contribution >= 0.6 is 0 Å². The SMILES string of the molecule is CCCCCCCCCCCCCCCCCCCCCC=Cc1ccc[nH]1. The highest BCUT2D eigenvalue weighted by Crippen LogP contribution is 2.15. The molecule has 1 rings (SSSR count). The molecule has 0 aromatic carbocycles. The van der Waals surface area contributed by atoms with Gasteiger partial charge in [0.2, 0.25) is 0 Å². The van der Waals surface area contributed by atoms with Crippen molar-refractivity contribution in [3.63, 3.8) is 0 Å². The Balaban J connectivity index is 1.67. The molecule has 0 bridgehead atoms. The molecule has 0 atom stereocenters. The smallest absolute Gasteiger partial charge is 0.0377 e. The van der Waals surface area contributed by atoms with E-state index in [0.29, 0.717) is 0 Å². The van der Waals surface area contributed by atoms with Crippen molar-refractivity contribution in [3.05, 3.63) is 30.1 Å². The number of nitrogens with one attached hydrogen (secondary N) is 1. The molecule has 0 aliphatic heterocycles. The lowest BCUT2D eigenvalue weighted by molar-refractivity contribution is 0.523. The van der Waals surface area contributed by atoms with Gasteiger partial charge in [-0.1, -0.05) is 129 Å². The van der Waals surface area contributed by atoms with Gasteiger partial charge in [0.15, 0.2) is 0 Å². The number of hydrogen-bond donors (Lipinski definition) is 1. The fraction of sp³-hybridized carbons (Fsp3) is 0.778. The first-order valence-corrected chi connectivity index (χ1v) is 12.7. The van der Waals surface area contributed by atoms with Gasteiger partial charge in [0, 0.05) is 11.9 Å². The molecule has 1 nitrogen and oxygen atoms in total. The van der Waals surface area contributed by atoms with Crippen molar-refractivity contribution in [1.82, 2.24) is 4.98 Å². The Bertz CT molecular complexity index is 417. The summed E-state index contributed by atoms with van der Waals surface area (Å²) in [5, 5.41) is 0. The van der Waals surface area contributed by atoms with Gasteiger partial charge in [-0.3, -0.25) is 0 Å². The second kappa shape index (κ2) is 20.7. The van der Waals surface area contributed by atoms with E-state index in [0.717, 1.165) is 0 Å². The number of unbranched alkanes of at least 4 members (excludes halogenated alkanes) is 19. The molecule has 1 aromatic heterocycles. The third kappa shape index (κ3) is 17.1. The highest BCUT2D eigenvalue weighted by Gasteiger charge is 1.95. The van der Waals surface area contributed by atoms with Gasteiger partial charge >= 0.3 is 0 Å². The highest BCUT2D eigenvalue weighted by atomic mass is 14.7. The standard InChI is InChI=1S/C27H49N/c1-2-3-4-5-6-7-8-9-10-11-12-13-14-15-16-17-18-19-20-21-22-24-27-25-23-26-28-27/h22-26,28H,2-21H2,1H3. The van der Waals surface area contributed by atoms with Crippen molar-refractivity contribution in [3.8, 4) is 0 Å². The minimum atomic E-state index is 1.22. The first-order valence-electron chi connectivity index (χ1n) is 12.7. The van der Waals surface area contributed by atoms with Crippen LogP contribution in [0.5, 0.6) is 0 Å². The van der Waals surface area contributed by atoms with Crippen LogP contribution in [0.15, 0.2) is 24.4 Å². The number of H-pyrrole nitrogens is 1. The quantitative estimate of drug-likeness (QED) is 0.202. The maximum atomic E-state index is 3.21. The second-order valence-electron chi connectivity index (χ2n) is 8.68. The number of aromatic nitrogens is 1. The van der Waals surface area contributed by atoms with Gasteiger partial charge in [-0.25, -0.2) is 0 Å². The molecule has 0 spiro atoms. The Kier molecular flexibility index (Phi) is 18.6. The first kappa shape index (κ1) is 25.1. The van der Waals surface area contributed by atoms with Crippen LogP contribution in [0.25, 0.3) is 6.08 Å². The topological polar surface area (TPSA) is 15.8 Å². The maximum absolute atomic E-state index is 3.21. The van der Waals surface area contributed by atoms with Gasteiger partial charge in [0.05, 0.1) is 0 Å². The van der Waals surface area contributed by atoms with Crippen LogP contribution in [-0.4, -0.2) is 4.98 Å². The van der Waals surface area contributed by atoms with E-state index in [1.807, 2.05) is 6.20 Å². The average Bonchev–Trinajstić information content (AvgIpc) is 3.22. The molecule has 0 radical (unpaired) electrons. The van der Waals surface area contributed by atoms with E-state index in [2.05, 4.69) is 36.2 Å². The minimum absolute atomic E-state index is 1.22. The molecule has 1 heterocycles. The van der Waals surface area contributed by atoms with Crippen LogP contribution in [-0.2, 0) is 0 Å². The van der Waals surface area contributed by atoms with Crippen LogP contribution in [0.3, 0.4) is 0 Å². The molecule has 1 N–H and O–H groups in total. The summed E-state index contributed by atoms with van der Waals surface area (Å²) in [5.74, 6) is 0. The summed E-state index contributed by atoms with van der Waals surface area (Å²) in [4.78, 5) is 3.21. The van der Waals surface area contributed by atoms with Crippen LogP contribution < -0.4 is 0 Å². The Hall–Kier alpha value is -0.980. The van der Waals surface area contributed by atoms with Gasteiger partial charge in [0.25, 0.3) is 0 Å². The molecule has 0 aliphatic carbocycles. The van der Waals surface area contributed by atoms with Crippen LogP contribution in [0.1, 0.15) is 141 Å². The molecule has 1 heteroatoms.